The molecule has 0 spiro atoms. The van der Waals surface area contributed by atoms with Gasteiger partial charge in [-0.1, -0.05) is 23.0 Å². The SMILES string of the molecule is CCOc1ccc2nc(NC(=O)[C@@H]3CC(C)=CC[C@@H]3C(=O)O)sc2c1. The van der Waals surface area contributed by atoms with Gasteiger partial charge in [0.15, 0.2) is 5.13 Å². The van der Waals surface area contributed by atoms with Gasteiger partial charge in [-0.3, -0.25) is 9.59 Å². The van der Waals surface area contributed by atoms with Gasteiger partial charge >= 0.3 is 5.97 Å². The molecule has 6 nitrogen and oxygen atoms in total. The molecule has 0 saturated carbocycles. The molecule has 0 saturated heterocycles. The lowest BCUT2D eigenvalue weighted by atomic mass is 9.79. The first kappa shape index (κ1) is 17.4. The van der Waals surface area contributed by atoms with Gasteiger partial charge in [-0.15, -0.1) is 0 Å². The van der Waals surface area contributed by atoms with Gasteiger partial charge in [0, 0.05) is 0 Å². The summed E-state index contributed by atoms with van der Waals surface area (Å²) in [4.78, 5) is 28.5. The van der Waals surface area contributed by atoms with Crippen LogP contribution in [0.2, 0.25) is 0 Å². The lowest BCUT2D eigenvalue weighted by molar-refractivity contribution is -0.146. The summed E-state index contributed by atoms with van der Waals surface area (Å²) in [5.74, 6) is -1.73. The molecule has 0 aliphatic heterocycles. The van der Waals surface area contributed by atoms with Gasteiger partial charge in [0.05, 0.1) is 28.7 Å². The number of anilines is 1. The molecule has 1 aliphatic rings. The van der Waals surface area contributed by atoms with Crippen LogP contribution in [0.1, 0.15) is 26.7 Å². The van der Waals surface area contributed by atoms with Crippen LogP contribution in [-0.2, 0) is 9.59 Å². The third-order valence-electron chi connectivity index (χ3n) is 4.30. The Balaban J connectivity index is 1.78. The summed E-state index contributed by atoms with van der Waals surface area (Å²) < 4.78 is 6.38. The molecular weight excluding hydrogens is 340 g/mol. The average molecular weight is 360 g/mol. The Kier molecular flexibility index (Phi) is 5.03. The molecule has 25 heavy (non-hydrogen) atoms. The van der Waals surface area contributed by atoms with Crippen molar-refractivity contribution >= 4 is 38.6 Å². The summed E-state index contributed by atoms with van der Waals surface area (Å²) >= 11 is 1.35. The van der Waals surface area contributed by atoms with Gasteiger partial charge in [0.2, 0.25) is 5.91 Å². The lowest BCUT2D eigenvalue weighted by Crippen LogP contribution is -2.35. The summed E-state index contributed by atoms with van der Waals surface area (Å²) in [6, 6.07) is 5.58. The van der Waals surface area contributed by atoms with E-state index in [2.05, 4.69) is 10.3 Å². The maximum atomic E-state index is 12.6. The van der Waals surface area contributed by atoms with E-state index in [1.54, 1.807) is 0 Å². The fourth-order valence-electron chi connectivity index (χ4n) is 3.03. The zero-order valence-electron chi connectivity index (χ0n) is 14.1. The van der Waals surface area contributed by atoms with Crippen LogP contribution in [0.5, 0.6) is 5.75 Å². The van der Waals surface area contributed by atoms with Crippen LogP contribution in [0, 0.1) is 11.8 Å². The highest BCUT2D eigenvalue weighted by Gasteiger charge is 2.35. The Bertz CT molecular complexity index is 843. The van der Waals surface area contributed by atoms with E-state index >= 15 is 0 Å². The molecule has 0 bridgehead atoms. The van der Waals surface area contributed by atoms with Crippen molar-refractivity contribution in [2.75, 3.05) is 11.9 Å². The number of carbonyl (C=O) groups excluding carboxylic acids is 1. The number of amides is 1. The van der Waals surface area contributed by atoms with E-state index in [-0.39, 0.29) is 5.91 Å². The number of carboxylic acids is 1. The second kappa shape index (κ2) is 7.23. The molecule has 1 aromatic carbocycles. The van der Waals surface area contributed by atoms with Crippen molar-refractivity contribution in [1.82, 2.24) is 4.98 Å². The Labute approximate surface area is 149 Å². The van der Waals surface area contributed by atoms with Crippen molar-refractivity contribution in [3.8, 4) is 5.75 Å². The van der Waals surface area contributed by atoms with Gasteiger partial charge in [-0.05, 0) is 44.9 Å². The minimum Gasteiger partial charge on any atom is -0.494 e. The normalized spacial score (nSPS) is 20.2. The van der Waals surface area contributed by atoms with E-state index in [0.717, 1.165) is 21.5 Å². The molecule has 0 unspecified atom stereocenters. The highest BCUT2D eigenvalue weighted by atomic mass is 32.1. The van der Waals surface area contributed by atoms with Crippen LogP contribution >= 0.6 is 11.3 Å². The van der Waals surface area contributed by atoms with Crippen LogP contribution in [0.3, 0.4) is 0 Å². The number of rotatable bonds is 5. The quantitative estimate of drug-likeness (QED) is 0.794. The number of thiazole rings is 1. The average Bonchev–Trinajstić information content (AvgIpc) is 2.96. The number of nitrogens with zero attached hydrogens (tertiary/aromatic N) is 1. The minimum atomic E-state index is -0.936. The first-order chi connectivity index (χ1) is 12.0. The molecule has 2 atom stereocenters. The standard InChI is InChI=1S/C18H20N2O4S/c1-3-24-11-5-7-14-15(9-11)25-18(19-14)20-16(21)13-8-10(2)4-6-12(13)17(22)23/h4-5,7,9,12-13H,3,6,8H2,1-2H3,(H,22,23)(H,19,20,21)/t12-,13+/m0/s1. The molecule has 132 valence electrons. The number of aliphatic carboxylic acids is 1. The molecule has 1 amide bonds. The summed E-state index contributed by atoms with van der Waals surface area (Å²) in [7, 11) is 0. The summed E-state index contributed by atoms with van der Waals surface area (Å²) in [5.41, 5.74) is 1.82. The van der Waals surface area contributed by atoms with Crippen molar-refractivity contribution in [2.24, 2.45) is 11.8 Å². The molecule has 1 aromatic heterocycles. The number of carbonyl (C=O) groups is 2. The summed E-state index contributed by atoms with van der Waals surface area (Å²) in [6.07, 6.45) is 2.74. The number of ether oxygens (including phenoxy) is 1. The molecule has 2 aromatic rings. The van der Waals surface area contributed by atoms with E-state index in [1.165, 1.54) is 11.3 Å². The van der Waals surface area contributed by atoms with Gasteiger partial charge in [0.1, 0.15) is 5.75 Å². The zero-order valence-corrected chi connectivity index (χ0v) is 14.9. The summed E-state index contributed by atoms with van der Waals surface area (Å²) in [5, 5.41) is 12.6. The lowest BCUT2D eigenvalue weighted by Gasteiger charge is -2.26. The van der Waals surface area contributed by atoms with Crippen molar-refractivity contribution < 1.29 is 19.4 Å². The fraction of sp³-hybridized carbons (Fsp3) is 0.389. The molecular formula is C18H20N2O4S. The maximum absolute atomic E-state index is 12.6. The van der Waals surface area contributed by atoms with Gasteiger partial charge in [-0.2, -0.15) is 0 Å². The monoisotopic (exact) mass is 360 g/mol. The molecule has 7 heteroatoms. The Morgan fingerprint density at radius 1 is 1.40 bits per heavy atom. The predicted molar refractivity (Wildman–Crippen MR) is 97.0 cm³/mol. The summed E-state index contributed by atoms with van der Waals surface area (Å²) in [6.45, 7) is 4.42. The van der Waals surface area contributed by atoms with Crippen LogP contribution < -0.4 is 10.1 Å². The van der Waals surface area contributed by atoms with Gasteiger partial charge in [-0.25, -0.2) is 4.98 Å². The molecule has 0 radical (unpaired) electrons. The number of fused-ring (bicyclic) bond motifs is 1. The van der Waals surface area contributed by atoms with E-state index in [1.807, 2.05) is 38.1 Å². The second-order valence-electron chi connectivity index (χ2n) is 6.11. The number of allylic oxidation sites excluding steroid dienone is 2. The molecule has 1 aliphatic carbocycles. The molecule has 3 rings (SSSR count). The van der Waals surface area contributed by atoms with Crippen LogP contribution in [0.4, 0.5) is 5.13 Å². The number of aromatic nitrogens is 1. The third kappa shape index (κ3) is 3.82. The van der Waals surface area contributed by atoms with Gasteiger partial charge in [0.25, 0.3) is 0 Å². The minimum absolute atomic E-state index is 0.288. The Morgan fingerprint density at radius 2 is 2.20 bits per heavy atom. The number of benzene rings is 1. The fourth-order valence-corrected chi connectivity index (χ4v) is 3.92. The largest absolute Gasteiger partial charge is 0.494 e. The molecule has 1 heterocycles. The van der Waals surface area contributed by atoms with Crippen molar-refractivity contribution in [2.45, 2.75) is 26.7 Å². The van der Waals surface area contributed by atoms with E-state index in [4.69, 9.17) is 4.74 Å². The van der Waals surface area contributed by atoms with Crippen molar-refractivity contribution in [3.63, 3.8) is 0 Å². The number of nitrogens with one attached hydrogen (secondary N) is 1. The van der Waals surface area contributed by atoms with Crippen molar-refractivity contribution in [3.05, 3.63) is 29.8 Å². The highest BCUT2D eigenvalue weighted by molar-refractivity contribution is 7.22. The van der Waals surface area contributed by atoms with Crippen molar-refractivity contribution in [1.29, 1.82) is 0 Å². The number of carboxylic acid groups (broad SMARTS) is 1. The molecule has 2 N–H and O–H groups in total. The third-order valence-corrected chi connectivity index (χ3v) is 5.24. The first-order valence-corrected chi connectivity index (χ1v) is 9.02. The smallest absolute Gasteiger partial charge is 0.307 e. The number of hydrogen-bond donors (Lipinski definition) is 2. The van der Waals surface area contributed by atoms with Crippen LogP contribution in [-0.4, -0.2) is 28.6 Å². The molecule has 0 fully saturated rings. The van der Waals surface area contributed by atoms with Crippen LogP contribution in [0.25, 0.3) is 10.2 Å². The van der Waals surface area contributed by atoms with Gasteiger partial charge < -0.3 is 15.2 Å². The van der Waals surface area contributed by atoms with E-state index in [9.17, 15) is 14.7 Å². The topological polar surface area (TPSA) is 88.5 Å². The van der Waals surface area contributed by atoms with E-state index < -0.39 is 17.8 Å². The highest BCUT2D eigenvalue weighted by Crippen LogP contribution is 2.33. The van der Waals surface area contributed by atoms with E-state index in [0.29, 0.717) is 24.6 Å². The maximum Gasteiger partial charge on any atom is 0.307 e. The first-order valence-electron chi connectivity index (χ1n) is 8.20. The number of hydrogen-bond acceptors (Lipinski definition) is 5. The predicted octanol–water partition coefficient (Wildman–Crippen LogP) is 3.69. The zero-order chi connectivity index (χ0) is 18.0. The Morgan fingerprint density at radius 3 is 2.92 bits per heavy atom. The Hall–Kier alpha value is -2.41. The van der Waals surface area contributed by atoms with Crippen LogP contribution in [0.15, 0.2) is 29.8 Å². The second-order valence-corrected chi connectivity index (χ2v) is 7.14.